The van der Waals surface area contributed by atoms with E-state index < -0.39 is 0 Å². The zero-order valence-corrected chi connectivity index (χ0v) is 11.2. The maximum Gasteiger partial charge on any atom is 0.217 e. The summed E-state index contributed by atoms with van der Waals surface area (Å²) in [6.45, 7) is 0. The van der Waals surface area contributed by atoms with Crippen LogP contribution < -0.4 is 5.73 Å². The highest BCUT2D eigenvalue weighted by Crippen LogP contribution is 2.22. The summed E-state index contributed by atoms with van der Waals surface area (Å²) in [7, 11) is 0. The van der Waals surface area contributed by atoms with Gasteiger partial charge < -0.3 is 5.73 Å². The van der Waals surface area contributed by atoms with Gasteiger partial charge >= 0.3 is 0 Å². The molecule has 2 N–H and O–H groups in total. The second-order valence-corrected chi connectivity index (χ2v) is 4.69. The molecule has 19 heavy (non-hydrogen) atoms. The van der Waals surface area contributed by atoms with Gasteiger partial charge in [-0.1, -0.05) is 0 Å². The third kappa shape index (κ3) is 1.88. The van der Waals surface area contributed by atoms with E-state index in [1.54, 1.807) is 28.9 Å². The van der Waals surface area contributed by atoms with E-state index in [-0.39, 0.29) is 17.3 Å². The summed E-state index contributed by atoms with van der Waals surface area (Å²) in [6.07, 6.45) is 6.19. The number of carbonyl (C=O) groups excluding carboxylic acids is 1. The first-order chi connectivity index (χ1) is 9.18. The largest absolute Gasteiger partial charge is 0.383 e. The minimum Gasteiger partial charge on any atom is -0.383 e. The molecule has 0 saturated carbocycles. The van der Waals surface area contributed by atoms with Crippen molar-refractivity contribution in [3.8, 4) is 0 Å². The van der Waals surface area contributed by atoms with Gasteiger partial charge in [0.2, 0.25) is 5.78 Å². The minimum atomic E-state index is -0.277. The standard InChI is InChI=1S/C12H8BrN5O/c13-8-1-3-15-5-7(8)11(19)10-12(14)18-6-16-4-2-9(18)17-10/h1-6H,14H2. The van der Waals surface area contributed by atoms with Crippen molar-refractivity contribution < 1.29 is 4.79 Å². The van der Waals surface area contributed by atoms with E-state index in [9.17, 15) is 4.79 Å². The molecular weight excluding hydrogens is 310 g/mol. The third-order valence-corrected chi connectivity index (χ3v) is 3.39. The molecule has 3 aromatic rings. The highest BCUT2D eigenvalue weighted by atomic mass is 79.9. The number of imidazole rings is 1. The summed E-state index contributed by atoms with van der Waals surface area (Å²) in [5, 5.41) is 0. The summed E-state index contributed by atoms with van der Waals surface area (Å²) in [5.41, 5.74) is 7.13. The Hall–Kier alpha value is -2.28. The van der Waals surface area contributed by atoms with Crippen molar-refractivity contribution in [2.24, 2.45) is 0 Å². The lowest BCUT2D eigenvalue weighted by molar-refractivity contribution is 0.103. The molecule has 0 saturated heterocycles. The van der Waals surface area contributed by atoms with Crippen molar-refractivity contribution in [2.45, 2.75) is 0 Å². The number of fused-ring (bicyclic) bond motifs is 1. The maximum absolute atomic E-state index is 12.4. The minimum absolute atomic E-state index is 0.196. The fraction of sp³-hybridized carbons (Fsp3) is 0. The van der Waals surface area contributed by atoms with Crippen molar-refractivity contribution in [3.05, 3.63) is 52.8 Å². The van der Waals surface area contributed by atoms with Crippen molar-refractivity contribution in [1.29, 1.82) is 0 Å². The number of nitrogens with two attached hydrogens (primary N) is 1. The Balaban J connectivity index is 2.17. The SMILES string of the molecule is Nc1c(C(=O)c2cnccc2Br)nc2ccncn12. The molecule has 3 aromatic heterocycles. The molecule has 0 unspecified atom stereocenters. The molecule has 0 radical (unpaired) electrons. The van der Waals surface area contributed by atoms with Crippen molar-refractivity contribution in [2.75, 3.05) is 5.73 Å². The van der Waals surface area contributed by atoms with Crippen LogP contribution in [0, 0.1) is 0 Å². The van der Waals surface area contributed by atoms with Crippen molar-refractivity contribution in [3.63, 3.8) is 0 Å². The van der Waals surface area contributed by atoms with Gasteiger partial charge in [-0.2, -0.15) is 0 Å². The fourth-order valence-electron chi connectivity index (χ4n) is 1.76. The molecule has 0 aliphatic rings. The molecule has 0 aliphatic heterocycles. The molecule has 7 heteroatoms. The van der Waals surface area contributed by atoms with Crippen LogP contribution in [0.4, 0.5) is 5.82 Å². The van der Waals surface area contributed by atoms with Gasteiger partial charge in [0.25, 0.3) is 0 Å². The lowest BCUT2D eigenvalue weighted by Crippen LogP contribution is -2.07. The lowest BCUT2D eigenvalue weighted by atomic mass is 10.1. The van der Waals surface area contributed by atoms with Gasteiger partial charge in [0.15, 0.2) is 5.69 Å². The average molecular weight is 318 g/mol. The molecule has 3 rings (SSSR count). The molecule has 3 heterocycles. The van der Waals surface area contributed by atoms with Crippen LogP contribution in [0.5, 0.6) is 0 Å². The molecule has 0 bridgehead atoms. The van der Waals surface area contributed by atoms with E-state index in [0.717, 1.165) is 0 Å². The summed E-state index contributed by atoms with van der Waals surface area (Å²) in [5.74, 6) is -0.00923. The van der Waals surface area contributed by atoms with Crippen LogP contribution in [-0.2, 0) is 0 Å². The van der Waals surface area contributed by atoms with Crippen molar-refractivity contribution >= 4 is 33.2 Å². The third-order valence-electron chi connectivity index (χ3n) is 2.69. The van der Waals surface area contributed by atoms with Crippen LogP contribution in [0.15, 0.2) is 41.5 Å². The Bertz CT molecular complexity index is 783. The number of halogens is 1. The molecule has 0 aliphatic carbocycles. The van der Waals surface area contributed by atoms with Crippen LogP contribution in [0.3, 0.4) is 0 Å². The van der Waals surface area contributed by atoms with E-state index in [2.05, 4.69) is 30.9 Å². The van der Waals surface area contributed by atoms with Gasteiger partial charge in [-0.3, -0.25) is 14.2 Å². The number of aromatic nitrogens is 4. The van der Waals surface area contributed by atoms with Gasteiger partial charge in [0.05, 0.1) is 5.56 Å². The number of anilines is 1. The van der Waals surface area contributed by atoms with Gasteiger partial charge in [-0.25, -0.2) is 9.97 Å². The molecule has 0 fully saturated rings. The summed E-state index contributed by atoms with van der Waals surface area (Å²) in [6, 6.07) is 3.38. The normalized spacial score (nSPS) is 10.8. The van der Waals surface area contributed by atoms with Gasteiger partial charge in [-0.05, 0) is 28.1 Å². The number of pyridine rings is 1. The summed E-state index contributed by atoms with van der Waals surface area (Å²) < 4.78 is 2.22. The number of nitrogen functional groups attached to an aromatic ring is 1. The number of hydrogen-bond acceptors (Lipinski definition) is 5. The van der Waals surface area contributed by atoms with E-state index >= 15 is 0 Å². The predicted molar refractivity (Wildman–Crippen MR) is 72.8 cm³/mol. The molecule has 0 amide bonds. The first-order valence-electron chi connectivity index (χ1n) is 5.40. The number of hydrogen-bond donors (Lipinski definition) is 1. The van der Waals surface area contributed by atoms with Crippen LogP contribution >= 0.6 is 15.9 Å². The van der Waals surface area contributed by atoms with Gasteiger partial charge in [0.1, 0.15) is 17.8 Å². The first-order valence-corrected chi connectivity index (χ1v) is 6.19. The second kappa shape index (κ2) is 4.43. The zero-order valence-electron chi connectivity index (χ0n) is 9.62. The topological polar surface area (TPSA) is 86.2 Å². The Kier molecular flexibility index (Phi) is 2.75. The maximum atomic E-state index is 12.4. The highest BCUT2D eigenvalue weighted by molar-refractivity contribution is 9.10. The summed E-state index contributed by atoms with van der Waals surface area (Å²) >= 11 is 3.31. The number of carbonyl (C=O) groups is 1. The molecule has 6 nitrogen and oxygen atoms in total. The Morgan fingerprint density at radius 2 is 2.05 bits per heavy atom. The number of nitrogens with zero attached hydrogens (tertiary/aromatic N) is 4. The Labute approximate surface area is 116 Å². The highest BCUT2D eigenvalue weighted by Gasteiger charge is 2.20. The first kappa shape index (κ1) is 11.8. The molecule has 0 aromatic carbocycles. The molecule has 94 valence electrons. The Morgan fingerprint density at radius 1 is 1.26 bits per heavy atom. The van der Waals surface area contributed by atoms with Crippen LogP contribution in [-0.4, -0.2) is 25.1 Å². The smallest absolute Gasteiger partial charge is 0.217 e. The number of rotatable bonds is 2. The quantitative estimate of drug-likeness (QED) is 0.727. The van der Waals surface area contributed by atoms with E-state index in [0.29, 0.717) is 15.7 Å². The monoisotopic (exact) mass is 317 g/mol. The van der Waals surface area contributed by atoms with E-state index in [1.165, 1.54) is 12.5 Å². The van der Waals surface area contributed by atoms with Crippen LogP contribution in [0.25, 0.3) is 5.65 Å². The molecule has 0 spiro atoms. The van der Waals surface area contributed by atoms with Crippen molar-refractivity contribution in [1.82, 2.24) is 19.4 Å². The predicted octanol–water partition coefficient (Wildman–Crippen LogP) is 1.70. The van der Waals surface area contributed by atoms with E-state index in [1.807, 2.05) is 0 Å². The van der Waals surface area contributed by atoms with Crippen LogP contribution in [0.2, 0.25) is 0 Å². The van der Waals surface area contributed by atoms with Gasteiger partial charge in [0, 0.05) is 23.1 Å². The fourth-order valence-corrected chi connectivity index (χ4v) is 2.16. The lowest BCUT2D eigenvalue weighted by Gasteiger charge is -2.01. The number of ketones is 1. The average Bonchev–Trinajstić information content (AvgIpc) is 2.77. The summed E-state index contributed by atoms with van der Waals surface area (Å²) in [4.78, 5) is 24.5. The molecular formula is C12H8BrN5O. The van der Waals surface area contributed by atoms with E-state index in [4.69, 9.17) is 5.73 Å². The zero-order chi connectivity index (χ0) is 13.4. The van der Waals surface area contributed by atoms with Gasteiger partial charge in [-0.15, -0.1) is 0 Å². The second-order valence-electron chi connectivity index (χ2n) is 3.84. The van der Waals surface area contributed by atoms with Crippen LogP contribution in [0.1, 0.15) is 16.1 Å². The molecule has 0 atom stereocenters. The Morgan fingerprint density at radius 3 is 2.79 bits per heavy atom.